The Morgan fingerprint density at radius 2 is 1.67 bits per heavy atom. The Morgan fingerprint density at radius 1 is 1.00 bits per heavy atom. The van der Waals surface area contributed by atoms with Crippen molar-refractivity contribution in [2.75, 3.05) is 6.54 Å². The molecule has 0 atom stereocenters. The van der Waals surface area contributed by atoms with E-state index in [2.05, 4.69) is 10.0 Å². The highest BCUT2D eigenvalue weighted by molar-refractivity contribution is 7.88. The highest BCUT2D eigenvalue weighted by Gasteiger charge is 2.21. The summed E-state index contributed by atoms with van der Waals surface area (Å²) >= 11 is 0. The van der Waals surface area contributed by atoms with Gasteiger partial charge >= 0.3 is 0 Å². The topological polar surface area (TPSA) is 58.2 Å². The molecule has 116 valence electrons. The molecule has 0 saturated heterocycles. The van der Waals surface area contributed by atoms with Crippen molar-refractivity contribution >= 4 is 10.0 Å². The second kappa shape index (κ2) is 6.46. The minimum Gasteiger partial charge on any atom is -0.310 e. The third kappa shape index (κ3) is 4.80. The minimum atomic E-state index is -3.20. The molecule has 1 aromatic carbocycles. The van der Waals surface area contributed by atoms with Crippen molar-refractivity contribution in [3.8, 4) is 0 Å². The van der Waals surface area contributed by atoms with Crippen LogP contribution in [0, 0.1) is 5.92 Å². The van der Waals surface area contributed by atoms with Crippen LogP contribution in [-0.2, 0) is 22.3 Å². The van der Waals surface area contributed by atoms with E-state index in [1.54, 1.807) is 0 Å². The molecular weight excluding hydrogens is 284 g/mol. The summed E-state index contributed by atoms with van der Waals surface area (Å²) in [7, 11) is -3.20. The number of nitrogens with one attached hydrogen (secondary N) is 2. The van der Waals surface area contributed by atoms with Crippen LogP contribution in [0.1, 0.15) is 43.2 Å². The zero-order valence-electron chi connectivity index (χ0n) is 12.3. The maximum atomic E-state index is 12.0. The number of hydrogen-bond donors (Lipinski definition) is 2. The lowest BCUT2D eigenvalue weighted by Gasteiger charge is -2.25. The smallest absolute Gasteiger partial charge is 0.215 e. The molecule has 5 heteroatoms. The molecule has 2 saturated carbocycles. The molecular formula is C16H24N2O2S. The van der Waals surface area contributed by atoms with E-state index in [9.17, 15) is 8.42 Å². The Balaban J connectivity index is 1.48. The highest BCUT2D eigenvalue weighted by Crippen LogP contribution is 2.25. The van der Waals surface area contributed by atoms with Gasteiger partial charge in [0.25, 0.3) is 0 Å². The van der Waals surface area contributed by atoms with Crippen molar-refractivity contribution in [2.45, 2.75) is 50.4 Å². The molecule has 0 amide bonds. The molecule has 3 rings (SSSR count). The normalized spacial score (nSPS) is 19.4. The van der Waals surface area contributed by atoms with Gasteiger partial charge < -0.3 is 5.32 Å². The standard InChI is InChI=1S/C16H24N2O2S/c19-21(20,18-11-13-2-1-3-13)12-15-6-4-14(5-7-15)10-17-16-8-9-16/h4-7,13,16-18H,1-3,8-12H2. The molecule has 2 aliphatic carbocycles. The van der Waals surface area contributed by atoms with Crippen molar-refractivity contribution in [3.05, 3.63) is 35.4 Å². The first-order valence-corrected chi connectivity index (χ1v) is 9.54. The highest BCUT2D eigenvalue weighted by atomic mass is 32.2. The van der Waals surface area contributed by atoms with Crippen molar-refractivity contribution < 1.29 is 8.42 Å². The second-order valence-electron chi connectivity index (χ2n) is 6.38. The number of rotatable bonds is 8. The molecule has 2 N–H and O–H groups in total. The third-order valence-electron chi connectivity index (χ3n) is 4.37. The Bertz CT molecular complexity index is 560. The first kappa shape index (κ1) is 15.0. The van der Waals surface area contributed by atoms with E-state index in [-0.39, 0.29) is 5.75 Å². The van der Waals surface area contributed by atoms with Crippen molar-refractivity contribution in [2.24, 2.45) is 5.92 Å². The van der Waals surface area contributed by atoms with Crippen LogP contribution in [0.5, 0.6) is 0 Å². The van der Waals surface area contributed by atoms with E-state index >= 15 is 0 Å². The van der Waals surface area contributed by atoms with Gasteiger partial charge in [-0.2, -0.15) is 0 Å². The summed E-state index contributed by atoms with van der Waals surface area (Å²) in [6.45, 7) is 1.48. The third-order valence-corrected chi connectivity index (χ3v) is 5.69. The molecule has 0 bridgehead atoms. The molecule has 0 aliphatic heterocycles. The van der Waals surface area contributed by atoms with Gasteiger partial charge in [0.05, 0.1) is 5.75 Å². The average molecular weight is 308 g/mol. The van der Waals surface area contributed by atoms with E-state index < -0.39 is 10.0 Å². The number of hydrogen-bond acceptors (Lipinski definition) is 3. The van der Waals surface area contributed by atoms with Crippen LogP contribution in [0.3, 0.4) is 0 Å². The monoisotopic (exact) mass is 308 g/mol. The van der Waals surface area contributed by atoms with Gasteiger partial charge in [-0.1, -0.05) is 30.7 Å². The molecule has 21 heavy (non-hydrogen) atoms. The SMILES string of the molecule is O=S(=O)(Cc1ccc(CNC2CC2)cc1)NCC1CCC1. The quantitative estimate of drug-likeness (QED) is 0.774. The van der Waals surface area contributed by atoms with Gasteiger partial charge in [-0.15, -0.1) is 0 Å². The predicted molar refractivity (Wildman–Crippen MR) is 84.3 cm³/mol. The first-order chi connectivity index (χ1) is 10.1. The van der Waals surface area contributed by atoms with Crippen LogP contribution in [0.15, 0.2) is 24.3 Å². The van der Waals surface area contributed by atoms with Gasteiger partial charge in [0, 0.05) is 19.1 Å². The molecule has 2 fully saturated rings. The summed E-state index contributed by atoms with van der Waals surface area (Å²) in [4.78, 5) is 0. The number of sulfonamides is 1. The van der Waals surface area contributed by atoms with Gasteiger partial charge in [0.2, 0.25) is 10.0 Å². The van der Waals surface area contributed by atoms with Gasteiger partial charge in [0.15, 0.2) is 0 Å². The van der Waals surface area contributed by atoms with Crippen LogP contribution < -0.4 is 10.0 Å². The van der Waals surface area contributed by atoms with Gasteiger partial charge in [-0.05, 0) is 42.7 Å². The Hall–Kier alpha value is -0.910. The largest absolute Gasteiger partial charge is 0.310 e. The molecule has 0 heterocycles. The molecule has 2 aliphatic rings. The average Bonchev–Trinajstić information content (AvgIpc) is 3.19. The van der Waals surface area contributed by atoms with Crippen molar-refractivity contribution in [1.29, 1.82) is 0 Å². The van der Waals surface area contributed by atoms with Crippen LogP contribution >= 0.6 is 0 Å². The van der Waals surface area contributed by atoms with Gasteiger partial charge in [-0.25, -0.2) is 13.1 Å². The summed E-state index contributed by atoms with van der Waals surface area (Å²) in [5.74, 6) is 0.631. The zero-order valence-corrected chi connectivity index (χ0v) is 13.2. The Labute approximate surface area is 127 Å². The summed E-state index contributed by atoms with van der Waals surface area (Å²) < 4.78 is 26.8. The molecule has 0 spiro atoms. The van der Waals surface area contributed by atoms with Crippen LogP contribution in [0.4, 0.5) is 0 Å². The fourth-order valence-corrected chi connectivity index (χ4v) is 3.74. The van der Waals surface area contributed by atoms with Crippen LogP contribution in [0.25, 0.3) is 0 Å². The lowest BCUT2D eigenvalue weighted by atomic mass is 9.86. The fraction of sp³-hybridized carbons (Fsp3) is 0.625. The lowest BCUT2D eigenvalue weighted by molar-refractivity contribution is 0.316. The summed E-state index contributed by atoms with van der Waals surface area (Å²) in [5.41, 5.74) is 2.07. The maximum Gasteiger partial charge on any atom is 0.215 e. The van der Waals surface area contributed by atoms with Crippen LogP contribution in [-0.4, -0.2) is 21.0 Å². The van der Waals surface area contributed by atoms with Gasteiger partial charge in [-0.3, -0.25) is 0 Å². The Morgan fingerprint density at radius 3 is 2.24 bits per heavy atom. The summed E-state index contributed by atoms with van der Waals surface area (Å²) in [6.07, 6.45) is 6.12. The first-order valence-electron chi connectivity index (χ1n) is 7.89. The fourth-order valence-electron chi connectivity index (χ4n) is 2.52. The van der Waals surface area contributed by atoms with Crippen molar-refractivity contribution in [1.82, 2.24) is 10.0 Å². The van der Waals surface area contributed by atoms with E-state index in [1.807, 2.05) is 24.3 Å². The van der Waals surface area contributed by atoms with Gasteiger partial charge in [0.1, 0.15) is 0 Å². The second-order valence-corrected chi connectivity index (χ2v) is 8.18. The predicted octanol–water partition coefficient (Wildman–Crippen LogP) is 2.16. The zero-order chi connectivity index (χ0) is 14.7. The summed E-state index contributed by atoms with van der Waals surface area (Å²) in [5, 5.41) is 3.46. The molecule has 0 radical (unpaired) electrons. The summed E-state index contributed by atoms with van der Waals surface area (Å²) in [6, 6.07) is 8.58. The van der Waals surface area contributed by atoms with Crippen LogP contribution in [0.2, 0.25) is 0 Å². The molecule has 0 aromatic heterocycles. The number of benzene rings is 1. The minimum absolute atomic E-state index is 0.0794. The van der Waals surface area contributed by atoms with E-state index in [1.165, 1.54) is 24.8 Å². The molecule has 0 unspecified atom stereocenters. The maximum absolute atomic E-state index is 12.0. The van der Waals surface area contributed by atoms with E-state index in [4.69, 9.17) is 0 Å². The molecule has 4 nitrogen and oxygen atoms in total. The lowest BCUT2D eigenvalue weighted by Crippen LogP contribution is -2.33. The van der Waals surface area contributed by atoms with E-state index in [0.717, 1.165) is 24.9 Å². The Kier molecular flexibility index (Phi) is 4.62. The van der Waals surface area contributed by atoms with E-state index in [0.29, 0.717) is 18.5 Å². The molecule has 1 aromatic rings. The van der Waals surface area contributed by atoms with Crippen molar-refractivity contribution in [3.63, 3.8) is 0 Å².